The van der Waals surface area contributed by atoms with Gasteiger partial charge < -0.3 is 5.32 Å². The number of aryl methyl sites for hydroxylation is 2. The Bertz CT molecular complexity index is 1470. The summed E-state index contributed by atoms with van der Waals surface area (Å²) in [5, 5.41) is 7.66. The first-order valence-electron chi connectivity index (χ1n) is 11.5. The van der Waals surface area contributed by atoms with Crippen LogP contribution in [0.5, 0.6) is 0 Å². The van der Waals surface area contributed by atoms with Crippen molar-refractivity contribution in [2.24, 2.45) is 0 Å². The Kier molecular flexibility index (Phi) is 6.96. The van der Waals surface area contributed by atoms with Crippen molar-refractivity contribution in [2.45, 2.75) is 37.6 Å². The second-order valence-corrected chi connectivity index (χ2v) is 10.0. The molecule has 0 saturated carbocycles. The van der Waals surface area contributed by atoms with Crippen molar-refractivity contribution in [3.05, 3.63) is 87.7 Å². The van der Waals surface area contributed by atoms with Gasteiger partial charge in [-0.05, 0) is 43.0 Å². The average Bonchev–Trinajstić information content (AvgIpc) is 3.21. The van der Waals surface area contributed by atoms with E-state index < -0.39 is 17.8 Å². The molecule has 4 aromatic rings. The predicted octanol–water partition coefficient (Wildman–Crippen LogP) is 6.20. The minimum absolute atomic E-state index is 0.0950. The number of thioether (sulfide) groups is 1. The van der Waals surface area contributed by atoms with Crippen LogP contribution >= 0.6 is 23.4 Å². The first-order valence-corrected chi connectivity index (χ1v) is 12.8. The molecule has 1 aliphatic carbocycles. The molecule has 2 aromatic heterocycles. The zero-order chi connectivity index (χ0) is 26.2. The van der Waals surface area contributed by atoms with E-state index in [2.05, 4.69) is 20.4 Å². The Morgan fingerprint density at radius 3 is 2.62 bits per heavy atom. The van der Waals surface area contributed by atoms with Gasteiger partial charge in [0.05, 0.1) is 18.0 Å². The fraction of sp³-hybridized carbons (Fsp3) is 0.231. The number of benzene rings is 2. The van der Waals surface area contributed by atoms with Gasteiger partial charge in [0.1, 0.15) is 0 Å². The molecule has 0 radical (unpaired) electrons. The van der Waals surface area contributed by atoms with Crippen molar-refractivity contribution in [1.82, 2.24) is 19.7 Å². The zero-order valence-electron chi connectivity index (χ0n) is 19.6. The van der Waals surface area contributed by atoms with Gasteiger partial charge >= 0.3 is 6.18 Å². The highest BCUT2D eigenvalue weighted by Crippen LogP contribution is 2.40. The summed E-state index contributed by atoms with van der Waals surface area (Å²) in [6.07, 6.45) is -3.91. The lowest BCUT2D eigenvalue weighted by Gasteiger charge is -2.22. The first kappa shape index (κ1) is 25.3. The minimum atomic E-state index is -4.62. The minimum Gasteiger partial charge on any atom is -0.308 e. The molecule has 5 rings (SSSR count). The Hall–Kier alpha value is -3.37. The normalized spacial score (nSPS) is 12.7. The lowest BCUT2D eigenvalue weighted by molar-refractivity contribution is -0.142. The van der Waals surface area contributed by atoms with E-state index in [0.29, 0.717) is 29.4 Å². The second-order valence-electron chi connectivity index (χ2n) is 8.63. The maximum absolute atomic E-state index is 13.8. The van der Waals surface area contributed by atoms with Crippen LogP contribution in [0.4, 0.5) is 19.0 Å². The Labute approximate surface area is 220 Å². The van der Waals surface area contributed by atoms with Gasteiger partial charge in [-0.3, -0.25) is 9.48 Å². The van der Waals surface area contributed by atoms with E-state index in [1.54, 1.807) is 35.0 Å². The molecular weight excluding hydrogens is 523 g/mol. The van der Waals surface area contributed by atoms with Crippen LogP contribution in [0.1, 0.15) is 28.1 Å². The van der Waals surface area contributed by atoms with Crippen molar-refractivity contribution in [3.8, 4) is 11.3 Å². The van der Waals surface area contributed by atoms with E-state index >= 15 is 0 Å². The van der Waals surface area contributed by atoms with Crippen molar-refractivity contribution < 1.29 is 18.0 Å². The van der Waals surface area contributed by atoms with Gasteiger partial charge in [-0.1, -0.05) is 59.8 Å². The summed E-state index contributed by atoms with van der Waals surface area (Å²) in [5.74, 6) is -0.231. The number of fused-ring (bicyclic) bond motifs is 3. The van der Waals surface area contributed by atoms with Gasteiger partial charge in [-0.2, -0.15) is 18.3 Å². The highest BCUT2D eigenvalue weighted by atomic mass is 35.5. The largest absolute Gasteiger partial charge is 0.433 e. The molecule has 0 saturated heterocycles. The van der Waals surface area contributed by atoms with Crippen LogP contribution in [0.3, 0.4) is 0 Å². The summed E-state index contributed by atoms with van der Waals surface area (Å²) in [6, 6.07) is 16.4. The maximum Gasteiger partial charge on any atom is 0.433 e. The molecule has 0 fully saturated rings. The number of rotatable bonds is 6. The SMILES string of the molecule is Cc1cc(NC(=O)CSc2nc3c(c(C(F)(F)F)n2)CCc2ccccc2-3)nn1Cc1ccc(Cl)cc1. The third-order valence-electron chi connectivity index (χ3n) is 6.00. The van der Waals surface area contributed by atoms with Gasteiger partial charge in [0.15, 0.2) is 16.7 Å². The number of hydrogen-bond donors (Lipinski definition) is 1. The predicted molar refractivity (Wildman–Crippen MR) is 137 cm³/mol. The average molecular weight is 544 g/mol. The number of anilines is 1. The van der Waals surface area contributed by atoms with Gasteiger partial charge in [-0.15, -0.1) is 0 Å². The Balaban J connectivity index is 1.30. The van der Waals surface area contributed by atoms with E-state index in [-0.39, 0.29) is 28.6 Å². The maximum atomic E-state index is 13.8. The van der Waals surface area contributed by atoms with E-state index in [1.807, 2.05) is 31.2 Å². The van der Waals surface area contributed by atoms with E-state index in [9.17, 15) is 18.0 Å². The standard InChI is InChI=1S/C26H21ClF3N5OS/c1-15-12-21(34-35(15)13-16-6-9-18(27)10-7-16)31-22(36)14-37-25-32-23-19-5-3-2-4-17(19)8-11-20(23)24(33-25)26(28,29)30/h2-7,9-10,12H,8,11,13-14H2,1H3,(H,31,34,36). The van der Waals surface area contributed by atoms with Crippen LogP contribution in [0.15, 0.2) is 59.8 Å². The molecule has 0 bridgehead atoms. The summed E-state index contributed by atoms with van der Waals surface area (Å²) in [5.41, 5.74) is 2.89. The molecule has 2 aromatic carbocycles. The number of aromatic nitrogens is 4. The highest BCUT2D eigenvalue weighted by Gasteiger charge is 2.38. The van der Waals surface area contributed by atoms with Gasteiger partial charge in [0, 0.05) is 27.9 Å². The molecule has 11 heteroatoms. The number of nitrogens with one attached hydrogen (secondary N) is 1. The molecule has 190 valence electrons. The number of amides is 1. The third kappa shape index (κ3) is 5.65. The fourth-order valence-electron chi connectivity index (χ4n) is 4.25. The van der Waals surface area contributed by atoms with E-state index in [0.717, 1.165) is 28.6 Å². The molecule has 1 aliphatic rings. The van der Waals surface area contributed by atoms with Crippen LogP contribution < -0.4 is 5.32 Å². The van der Waals surface area contributed by atoms with Crippen LogP contribution in [0, 0.1) is 6.92 Å². The monoisotopic (exact) mass is 543 g/mol. The van der Waals surface area contributed by atoms with Gasteiger partial charge in [-0.25, -0.2) is 9.97 Å². The number of halogens is 4. The molecule has 0 unspecified atom stereocenters. The van der Waals surface area contributed by atoms with Crippen LogP contribution in [0.25, 0.3) is 11.3 Å². The first-order chi connectivity index (χ1) is 17.7. The number of alkyl halides is 3. The molecule has 2 heterocycles. The molecule has 37 heavy (non-hydrogen) atoms. The Morgan fingerprint density at radius 2 is 1.86 bits per heavy atom. The van der Waals surface area contributed by atoms with Crippen LogP contribution in [-0.4, -0.2) is 31.4 Å². The molecule has 0 spiro atoms. The Morgan fingerprint density at radius 1 is 1.11 bits per heavy atom. The second kappa shape index (κ2) is 10.2. The lowest BCUT2D eigenvalue weighted by atomic mass is 9.88. The topological polar surface area (TPSA) is 72.7 Å². The molecule has 1 N–H and O–H groups in total. The van der Waals surface area contributed by atoms with Crippen LogP contribution in [0.2, 0.25) is 5.02 Å². The molecular formula is C26H21ClF3N5OS. The third-order valence-corrected chi connectivity index (χ3v) is 7.10. The number of carbonyl (C=O) groups is 1. The van der Waals surface area contributed by atoms with Crippen LogP contribution in [-0.2, 0) is 30.4 Å². The highest BCUT2D eigenvalue weighted by molar-refractivity contribution is 7.99. The molecule has 6 nitrogen and oxygen atoms in total. The number of nitrogens with zero attached hydrogens (tertiary/aromatic N) is 4. The zero-order valence-corrected chi connectivity index (χ0v) is 21.2. The molecule has 0 atom stereocenters. The summed E-state index contributed by atoms with van der Waals surface area (Å²) in [4.78, 5) is 20.8. The molecule has 1 amide bonds. The van der Waals surface area contributed by atoms with Crippen molar-refractivity contribution in [3.63, 3.8) is 0 Å². The summed E-state index contributed by atoms with van der Waals surface area (Å²) >= 11 is 6.79. The van der Waals surface area contributed by atoms with Gasteiger partial charge in [0.25, 0.3) is 0 Å². The lowest BCUT2D eigenvalue weighted by Crippen LogP contribution is -2.19. The fourth-order valence-corrected chi connectivity index (χ4v) is 5.02. The van der Waals surface area contributed by atoms with E-state index in [1.165, 1.54) is 0 Å². The van der Waals surface area contributed by atoms with Crippen molar-refractivity contribution in [1.29, 1.82) is 0 Å². The number of carbonyl (C=O) groups excluding carboxylic acids is 1. The summed E-state index contributed by atoms with van der Waals surface area (Å²) in [7, 11) is 0. The van der Waals surface area contributed by atoms with E-state index in [4.69, 9.17) is 11.6 Å². The summed E-state index contributed by atoms with van der Waals surface area (Å²) < 4.78 is 43.3. The summed E-state index contributed by atoms with van der Waals surface area (Å²) in [6.45, 7) is 2.36. The smallest absolute Gasteiger partial charge is 0.308 e. The van der Waals surface area contributed by atoms with Gasteiger partial charge in [0.2, 0.25) is 5.91 Å². The number of hydrogen-bond acceptors (Lipinski definition) is 5. The van der Waals surface area contributed by atoms with Crippen molar-refractivity contribution in [2.75, 3.05) is 11.1 Å². The quantitative estimate of drug-likeness (QED) is 0.232. The van der Waals surface area contributed by atoms with Crippen molar-refractivity contribution >= 4 is 35.1 Å². The molecule has 0 aliphatic heterocycles.